The molecular weight excluding hydrogens is 395 g/mol. The standard InChI is InChI=1S/C10H11IN6O4/c1-21-8(18)5-2-4(17(19)20)3-6(11)7(5)15-10(14)16-9(12)13/h2-3H,1H3,(H6,12,13,14,15,16). The summed E-state index contributed by atoms with van der Waals surface area (Å²) in [5, 5.41) is 10.8. The van der Waals surface area contributed by atoms with E-state index in [1.807, 2.05) is 0 Å². The van der Waals surface area contributed by atoms with E-state index in [1.165, 1.54) is 6.07 Å². The van der Waals surface area contributed by atoms with E-state index in [0.29, 0.717) is 3.57 Å². The number of guanidine groups is 2. The second-order valence-corrected chi connectivity index (χ2v) is 4.74. The van der Waals surface area contributed by atoms with Crippen LogP contribution >= 0.6 is 22.6 Å². The van der Waals surface area contributed by atoms with Gasteiger partial charge in [0.05, 0.1) is 23.3 Å². The molecule has 10 nitrogen and oxygen atoms in total. The summed E-state index contributed by atoms with van der Waals surface area (Å²) in [6.45, 7) is 0. The zero-order chi connectivity index (χ0) is 16.2. The van der Waals surface area contributed by atoms with Crippen LogP contribution in [-0.2, 0) is 4.74 Å². The molecule has 0 aliphatic carbocycles. The minimum Gasteiger partial charge on any atom is -0.465 e. The number of benzene rings is 1. The second-order valence-electron chi connectivity index (χ2n) is 3.58. The summed E-state index contributed by atoms with van der Waals surface area (Å²) in [5.41, 5.74) is 15.5. The number of hydrogen-bond acceptors (Lipinski definition) is 5. The van der Waals surface area contributed by atoms with Crippen molar-refractivity contribution in [2.75, 3.05) is 7.11 Å². The van der Waals surface area contributed by atoms with Gasteiger partial charge in [0.25, 0.3) is 5.69 Å². The number of nitro groups is 1. The van der Waals surface area contributed by atoms with E-state index >= 15 is 0 Å². The molecule has 1 rings (SSSR count). The van der Waals surface area contributed by atoms with Crippen LogP contribution < -0.4 is 17.2 Å². The van der Waals surface area contributed by atoms with Crippen LogP contribution in [0.1, 0.15) is 10.4 Å². The van der Waals surface area contributed by atoms with Crippen molar-refractivity contribution in [3.63, 3.8) is 0 Å². The van der Waals surface area contributed by atoms with Crippen LogP contribution in [-0.4, -0.2) is 29.9 Å². The molecule has 0 saturated carbocycles. The van der Waals surface area contributed by atoms with E-state index in [-0.39, 0.29) is 28.9 Å². The molecule has 1 aromatic carbocycles. The number of nitrogens with zero attached hydrogens (tertiary/aromatic N) is 3. The molecule has 0 spiro atoms. The molecule has 0 amide bonds. The Labute approximate surface area is 132 Å². The van der Waals surface area contributed by atoms with Gasteiger partial charge < -0.3 is 21.9 Å². The topological polar surface area (TPSA) is 172 Å². The van der Waals surface area contributed by atoms with Crippen molar-refractivity contribution in [2.45, 2.75) is 0 Å². The van der Waals surface area contributed by atoms with E-state index in [9.17, 15) is 14.9 Å². The monoisotopic (exact) mass is 406 g/mol. The zero-order valence-electron chi connectivity index (χ0n) is 10.7. The fraction of sp³-hybridized carbons (Fsp3) is 0.100. The van der Waals surface area contributed by atoms with Gasteiger partial charge in [-0.25, -0.2) is 9.79 Å². The molecule has 6 N–H and O–H groups in total. The molecule has 0 bridgehead atoms. The first-order chi connectivity index (χ1) is 9.76. The number of nitro benzene ring substituents is 1. The molecule has 112 valence electrons. The van der Waals surface area contributed by atoms with Crippen molar-refractivity contribution < 1.29 is 14.5 Å². The largest absolute Gasteiger partial charge is 0.465 e. The Balaban J connectivity index is 3.53. The third-order valence-corrected chi connectivity index (χ3v) is 2.96. The summed E-state index contributed by atoms with van der Waals surface area (Å²) < 4.78 is 4.88. The number of nitrogens with two attached hydrogens (primary N) is 3. The van der Waals surface area contributed by atoms with E-state index in [2.05, 4.69) is 14.7 Å². The van der Waals surface area contributed by atoms with Gasteiger partial charge in [-0.1, -0.05) is 0 Å². The van der Waals surface area contributed by atoms with Gasteiger partial charge in [0.15, 0.2) is 5.96 Å². The normalized spacial score (nSPS) is 10.9. The molecule has 0 fully saturated rings. The number of hydrogen-bond donors (Lipinski definition) is 3. The Morgan fingerprint density at radius 2 is 2.00 bits per heavy atom. The maximum atomic E-state index is 11.7. The number of rotatable bonds is 3. The molecule has 0 aliphatic heterocycles. The number of non-ortho nitro benzene ring substituents is 1. The first-order valence-electron chi connectivity index (χ1n) is 5.26. The molecule has 1 aromatic rings. The smallest absolute Gasteiger partial charge is 0.340 e. The number of carbonyl (C=O) groups is 1. The van der Waals surface area contributed by atoms with Crippen molar-refractivity contribution >= 4 is 51.9 Å². The number of ether oxygens (including phenoxy) is 1. The molecule has 0 aromatic heterocycles. The lowest BCUT2D eigenvalue weighted by atomic mass is 10.1. The van der Waals surface area contributed by atoms with Gasteiger partial charge in [0, 0.05) is 15.7 Å². The third kappa shape index (κ3) is 4.27. The Kier molecular flexibility index (Phi) is 5.40. The summed E-state index contributed by atoms with van der Waals surface area (Å²) in [6, 6.07) is 2.27. The number of esters is 1. The van der Waals surface area contributed by atoms with Gasteiger partial charge >= 0.3 is 5.97 Å². The molecule has 21 heavy (non-hydrogen) atoms. The maximum absolute atomic E-state index is 11.7. The van der Waals surface area contributed by atoms with Gasteiger partial charge in [-0.2, -0.15) is 4.99 Å². The Morgan fingerprint density at radius 3 is 2.48 bits per heavy atom. The van der Waals surface area contributed by atoms with Crippen LogP contribution in [0.15, 0.2) is 22.1 Å². The van der Waals surface area contributed by atoms with Crippen molar-refractivity contribution in [3.05, 3.63) is 31.4 Å². The Bertz CT molecular complexity index is 653. The highest BCUT2D eigenvalue weighted by molar-refractivity contribution is 14.1. The fourth-order valence-electron chi connectivity index (χ4n) is 1.34. The summed E-state index contributed by atoms with van der Waals surface area (Å²) >= 11 is 1.78. The van der Waals surface area contributed by atoms with Crippen LogP contribution in [0.3, 0.4) is 0 Å². The SMILES string of the molecule is COC(=O)c1cc([N+](=O)[O-])cc(I)c1N=C(N)N=C(N)N. The zero-order valence-corrected chi connectivity index (χ0v) is 12.9. The molecule has 0 saturated heterocycles. The van der Waals surface area contributed by atoms with Crippen LogP contribution in [0.5, 0.6) is 0 Å². The molecule has 0 aliphatic rings. The lowest BCUT2D eigenvalue weighted by molar-refractivity contribution is -0.385. The van der Waals surface area contributed by atoms with Gasteiger partial charge in [0.1, 0.15) is 0 Å². The summed E-state index contributed by atoms with van der Waals surface area (Å²) in [5.74, 6) is -1.41. The number of methoxy groups -OCH3 is 1. The first-order valence-corrected chi connectivity index (χ1v) is 6.34. The van der Waals surface area contributed by atoms with Crippen molar-refractivity contribution in [3.8, 4) is 0 Å². The van der Waals surface area contributed by atoms with Gasteiger partial charge in [-0.15, -0.1) is 0 Å². The van der Waals surface area contributed by atoms with Crippen LogP contribution in [0.4, 0.5) is 11.4 Å². The van der Waals surface area contributed by atoms with Crippen molar-refractivity contribution in [1.82, 2.24) is 0 Å². The minimum absolute atomic E-state index is 0.0792. The van der Waals surface area contributed by atoms with E-state index in [4.69, 9.17) is 17.2 Å². The predicted molar refractivity (Wildman–Crippen MR) is 84.2 cm³/mol. The van der Waals surface area contributed by atoms with Crippen molar-refractivity contribution in [2.24, 2.45) is 27.2 Å². The van der Waals surface area contributed by atoms with Gasteiger partial charge in [0.2, 0.25) is 5.96 Å². The first kappa shape index (κ1) is 16.6. The Hall–Kier alpha value is -2.44. The van der Waals surface area contributed by atoms with Crippen LogP contribution in [0.25, 0.3) is 0 Å². The van der Waals surface area contributed by atoms with E-state index < -0.39 is 10.9 Å². The molecule has 0 radical (unpaired) electrons. The summed E-state index contributed by atoms with van der Waals surface area (Å²) in [4.78, 5) is 29.3. The van der Waals surface area contributed by atoms with E-state index in [0.717, 1.165) is 13.2 Å². The average Bonchev–Trinajstić information content (AvgIpc) is 2.38. The summed E-state index contributed by atoms with van der Waals surface area (Å²) in [7, 11) is 1.14. The van der Waals surface area contributed by atoms with Crippen LogP contribution in [0, 0.1) is 13.7 Å². The highest BCUT2D eigenvalue weighted by Crippen LogP contribution is 2.31. The quantitative estimate of drug-likeness (QED) is 0.161. The second kappa shape index (κ2) is 6.83. The third-order valence-electron chi connectivity index (χ3n) is 2.13. The lowest BCUT2D eigenvalue weighted by Crippen LogP contribution is -2.26. The van der Waals surface area contributed by atoms with Crippen molar-refractivity contribution in [1.29, 1.82) is 0 Å². The fourth-order valence-corrected chi connectivity index (χ4v) is 2.07. The maximum Gasteiger partial charge on any atom is 0.340 e. The predicted octanol–water partition coefficient (Wildman–Crippen LogP) is 0.206. The average molecular weight is 406 g/mol. The van der Waals surface area contributed by atoms with Gasteiger partial charge in [-0.3, -0.25) is 10.1 Å². The minimum atomic E-state index is -0.798. The van der Waals surface area contributed by atoms with Crippen LogP contribution in [0.2, 0.25) is 0 Å². The molecule has 0 atom stereocenters. The van der Waals surface area contributed by atoms with E-state index in [1.54, 1.807) is 22.6 Å². The molecule has 11 heteroatoms. The summed E-state index contributed by atoms with van der Waals surface area (Å²) in [6.07, 6.45) is 0. The highest BCUT2D eigenvalue weighted by atomic mass is 127. The van der Waals surface area contributed by atoms with Gasteiger partial charge in [-0.05, 0) is 22.6 Å². The lowest BCUT2D eigenvalue weighted by Gasteiger charge is -2.06. The molecule has 0 unspecified atom stereocenters. The molecule has 0 heterocycles. The molecular formula is C10H11IN6O4. The Morgan fingerprint density at radius 1 is 1.38 bits per heavy atom. The highest BCUT2D eigenvalue weighted by Gasteiger charge is 2.21. The number of aliphatic imine (C=N–C) groups is 2. The number of halogens is 1. The number of carbonyl (C=O) groups excluding carboxylic acids is 1.